The highest BCUT2D eigenvalue weighted by Gasteiger charge is 2.37. The number of anilines is 1. The number of aromatic hydroxyl groups is 1. The van der Waals surface area contributed by atoms with Crippen LogP contribution in [0.1, 0.15) is 36.4 Å². The topological polar surface area (TPSA) is 79.3 Å². The van der Waals surface area contributed by atoms with Crippen molar-refractivity contribution in [1.29, 1.82) is 0 Å². The van der Waals surface area contributed by atoms with E-state index < -0.39 is 16.1 Å². The summed E-state index contributed by atoms with van der Waals surface area (Å²) < 4.78 is 40.8. The largest absolute Gasteiger partial charge is 0.508 e. The lowest BCUT2D eigenvalue weighted by molar-refractivity contribution is 0.237. The molecule has 2 heterocycles. The van der Waals surface area contributed by atoms with E-state index in [1.165, 1.54) is 17.1 Å². The van der Waals surface area contributed by atoms with Crippen molar-refractivity contribution in [1.82, 2.24) is 4.90 Å². The summed E-state index contributed by atoms with van der Waals surface area (Å²) in [5.41, 5.74) is 2.43. The second-order valence-electron chi connectivity index (χ2n) is 9.31. The summed E-state index contributed by atoms with van der Waals surface area (Å²) in [6, 6.07) is 18.5. The molecule has 3 aromatic rings. The predicted octanol–water partition coefficient (Wildman–Crippen LogP) is 4.76. The molecule has 8 heteroatoms. The summed E-state index contributed by atoms with van der Waals surface area (Å²) in [6.07, 6.45) is 3.84. The number of nitrogens with zero attached hydrogens (tertiary/aromatic N) is 2. The summed E-state index contributed by atoms with van der Waals surface area (Å²) in [6.45, 7) is 3.77. The quantitative estimate of drug-likeness (QED) is 0.473. The van der Waals surface area contributed by atoms with Crippen LogP contribution < -0.4 is 13.8 Å². The fraction of sp³-hybridized carbons (Fsp3) is 0.357. The van der Waals surface area contributed by atoms with Crippen molar-refractivity contribution < 1.29 is 23.0 Å². The Kier molecular flexibility index (Phi) is 7.07. The molecule has 0 bridgehead atoms. The number of phenolic OH excluding ortho intramolecular Hbond substituents is 1. The molecule has 0 saturated carbocycles. The molecule has 3 aromatic carbocycles. The number of hydrogen-bond acceptors (Lipinski definition) is 6. The molecule has 2 aliphatic rings. The van der Waals surface area contributed by atoms with E-state index in [9.17, 15) is 13.5 Å². The fourth-order valence-corrected chi connectivity index (χ4v) is 6.81. The van der Waals surface area contributed by atoms with Gasteiger partial charge in [-0.15, -0.1) is 0 Å². The summed E-state index contributed by atoms with van der Waals surface area (Å²) in [5, 5.41) is 9.78. The third-order valence-electron chi connectivity index (χ3n) is 7.03. The van der Waals surface area contributed by atoms with Gasteiger partial charge in [0.15, 0.2) is 0 Å². The molecule has 1 saturated heterocycles. The maximum absolute atomic E-state index is 14.0. The normalized spacial score (nSPS) is 18.1. The number of phenols is 1. The molecular weight excluding hydrogens is 476 g/mol. The van der Waals surface area contributed by atoms with Gasteiger partial charge in [0, 0.05) is 6.54 Å². The number of fused-ring (bicyclic) bond motifs is 1. The first-order chi connectivity index (χ1) is 17.5. The Morgan fingerprint density at radius 3 is 2.33 bits per heavy atom. The van der Waals surface area contributed by atoms with Gasteiger partial charge in [0.1, 0.15) is 23.9 Å². The predicted molar refractivity (Wildman–Crippen MR) is 139 cm³/mol. The van der Waals surface area contributed by atoms with Gasteiger partial charge in [-0.2, -0.15) is 0 Å². The third-order valence-corrected chi connectivity index (χ3v) is 8.86. The van der Waals surface area contributed by atoms with Gasteiger partial charge in [-0.3, -0.25) is 9.21 Å². The Hall–Kier alpha value is -3.23. The highest BCUT2D eigenvalue weighted by Crippen LogP contribution is 2.43. The van der Waals surface area contributed by atoms with Crippen LogP contribution in [0.4, 0.5) is 5.69 Å². The van der Waals surface area contributed by atoms with Gasteiger partial charge in [0.05, 0.1) is 23.7 Å². The highest BCUT2D eigenvalue weighted by molar-refractivity contribution is 7.92. The Balaban J connectivity index is 1.47. The van der Waals surface area contributed by atoms with Crippen LogP contribution in [0, 0.1) is 0 Å². The standard InChI is InChI=1S/C28H32N2O5S/c1-34-24-9-12-26(13-10-24)36(32,33)30-27(21-4-7-23(31)8-5-21)14-6-22-20-25(11-15-28(22)30)35-19-18-29-16-2-3-17-29/h4-5,7-13,15,20,27,31H,2-3,6,14,16-19H2,1H3. The van der Waals surface area contributed by atoms with Crippen LogP contribution in [0.15, 0.2) is 71.6 Å². The van der Waals surface area contributed by atoms with Gasteiger partial charge in [0.25, 0.3) is 10.0 Å². The number of methoxy groups -OCH3 is 1. The number of likely N-dealkylation sites (tertiary alicyclic amines) is 1. The second kappa shape index (κ2) is 10.4. The molecule has 7 nitrogen and oxygen atoms in total. The molecule has 0 amide bonds. The molecule has 5 rings (SSSR count). The van der Waals surface area contributed by atoms with Gasteiger partial charge >= 0.3 is 0 Å². The Labute approximate surface area is 212 Å². The van der Waals surface area contributed by atoms with E-state index >= 15 is 0 Å². The first-order valence-corrected chi connectivity index (χ1v) is 13.9. The number of aryl methyl sites for hydroxylation is 1. The van der Waals surface area contributed by atoms with E-state index in [4.69, 9.17) is 9.47 Å². The van der Waals surface area contributed by atoms with Crippen LogP contribution in [0.2, 0.25) is 0 Å². The number of sulfonamides is 1. The summed E-state index contributed by atoms with van der Waals surface area (Å²) >= 11 is 0. The van der Waals surface area contributed by atoms with Crippen LogP contribution in [0.25, 0.3) is 0 Å². The zero-order valence-corrected chi connectivity index (χ0v) is 21.3. The Bertz CT molecular complexity index is 1290. The van der Waals surface area contributed by atoms with E-state index in [-0.39, 0.29) is 10.6 Å². The van der Waals surface area contributed by atoms with Crippen LogP contribution in [-0.4, -0.2) is 51.8 Å². The van der Waals surface area contributed by atoms with Crippen molar-refractivity contribution in [3.05, 3.63) is 77.9 Å². The molecule has 1 fully saturated rings. The van der Waals surface area contributed by atoms with E-state index in [0.717, 1.165) is 42.9 Å². The van der Waals surface area contributed by atoms with Crippen molar-refractivity contribution in [3.8, 4) is 17.2 Å². The summed E-state index contributed by atoms with van der Waals surface area (Å²) in [7, 11) is -2.33. The molecule has 1 unspecified atom stereocenters. The molecule has 36 heavy (non-hydrogen) atoms. The number of rotatable bonds is 8. The average Bonchev–Trinajstić information content (AvgIpc) is 3.42. The number of ether oxygens (including phenoxy) is 2. The minimum Gasteiger partial charge on any atom is -0.508 e. The maximum atomic E-state index is 14.0. The molecule has 1 atom stereocenters. The minimum absolute atomic E-state index is 0.148. The van der Waals surface area contributed by atoms with Crippen LogP contribution >= 0.6 is 0 Å². The zero-order valence-electron chi connectivity index (χ0n) is 20.5. The zero-order chi connectivity index (χ0) is 25.1. The highest BCUT2D eigenvalue weighted by atomic mass is 32.2. The first-order valence-electron chi connectivity index (χ1n) is 12.4. The fourth-order valence-electron chi connectivity index (χ4n) is 5.10. The van der Waals surface area contributed by atoms with Crippen LogP contribution in [0.5, 0.6) is 17.2 Å². The van der Waals surface area contributed by atoms with E-state index in [1.807, 2.05) is 18.2 Å². The van der Waals surface area contributed by atoms with Gasteiger partial charge < -0.3 is 14.6 Å². The van der Waals surface area contributed by atoms with Crippen molar-refractivity contribution in [2.45, 2.75) is 36.6 Å². The average molecular weight is 509 g/mol. The lowest BCUT2D eigenvalue weighted by Crippen LogP contribution is -2.38. The molecule has 0 aliphatic carbocycles. The lowest BCUT2D eigenvalue weighted by atomic mass is 9.93. The molecule has 0 radical (unpaired) electrons. The van der Waals surface area contributed by atoms with E-state index in [2.05, 4.69) is 4.90 Å². The lowest BCUT2D eigenvalue weighted by Gasteiger charge is -2.38. The molecule has 0 spiro atoms. The SMILES string of the molecule is COc1ccc(S(=O)(=O)N2c3ccc(OCCN4CCCC4)cc3CCC2c2ccc(O)cc2)cc1. The number of benzene rings is 3. The van der Waals surface area contributed by atoms with Crippen molar-refractivity contribution in [2.24, 2.45) is 0 Å². The van der Waals surface area contributed by atoms with Gasteiger partial charge in [-0.05, 0) is 104 Å². The number of hydrogen-bond donors (Lipinski definition) is 1. The maximum Gasteiger partial charge on any atom is 0.264 e. The molecule has 0 aromatic heterocycles. The van der Waals surface area contributed by atoms with E-state index in [1.54, 1.807) is 55.6 Å². The summed E-state index contributed by atoms with van der Waals surface area (Å²) in [4.78, 5) is 2.61. The Morgan fingerprint density at radius 2 is 1.64 bits per heavy atom. The Morgan fingerprint density at radius 1 is 0.944 bits per heavy atom. The smallest absolute Gasteiger partial charge is 0.264 e. The second-order valence-corrected chi connectivity index (χ2v) is 11.1. The van der Waals surface area contributed by atoms with Crippen molar-refractivity contribution in [3.63, 3.8) is 0 Å². The minimum atomic E-state index is -3.88. The first kappa shape index (κ1) is 24.5. The monoisotopic (exact) mass is 508 g/mol. The molecule has 2 aliphatic heterocycles. The van der Waals surface area contributed by atoms with E-state index in [0.29, 0.717) is 24.5 Å². The molecule has 190 valence electrons. The van der Waals surface area contributed by atoms with Gasteiger partial charge in [-0.1, -0.05) is 12.1 Å². The van der Waals surface area contributed by atoms with Gasteiger partial charge in [0.2, 0.25) is 0 Å². The third kappa shape index (κ3) is 5.01. The summed E-state index contributed by atoms with van der Waals surface area (Å²) in [5.74, 6) is 1.51. The van der Waals surface area contributed by atoms with Crippen LogP contribution in [-0.2, 0) is 16.4 Å². The molecule has 1 N–H and O–H groups in total. The molecular formula is C28H32N2O5S. The van der Waals surface area contributed by atoms with Crippen molar-refractivity contribution >= 4 is 15.7 Å². The van der Waals surface area contributed by atoms with Crippen LogP contribution in [0.3, 0.4) is 0 Å². The van der Waals surface area contributed by atoms with Gasteiger partial charge in [-0.25, -0.2) is 8.42 Å². The van der Waals surface area contributed by atoms with Crippen molar-refractivity contribution in [2.75, 3.05) is 37.7 Å².